The number of benzene rings is 2. The molecule has 0 fully saturated rings. The number of anilines is 2. The molecule has 0 heterocycles. The average Bonchev–Trinajstić information content (AvgIpc) is 2.36. The van der Waals surface area contributed by atoms with Crippen LogP contribution in [0.5, 0.6) is 0 Å². The van der Waals surface area contributed by atoms with Crippen molar-refractivity contribution in [2.45, 2.75) is 13.3 Å². The van der Waals surface area contributed by atoms with Gasteiger partial charge in [0.25, 0.3) is 0 Å². The molecule has 5 heteroatoms. The topological polar surface area (TPSA) is 55.1 Å². The van der Waals surface area contributed by atoms with Crippen molar-refractivity contribution in [1.29, 1.82) is 0 Å². The number of hydrogen-bond donors (Lipinski definition) is 2. The number of aryl methyl sites for hydroxylation is 1. The van der Waals surface area contributed by atoms with Gasteiger partial charge in [0.05, 0.1) is 6.42 Å². The van der Waals surface area contributed by atoms with Crippen molar-refractivity contribution >= 4 is 17.3 Å². The van der Waals surface area contributed by atoms with E-state index in [-0.39, 0.29) is 17.9 Å². The van der Waals surface area contributed by atoms with Gasteiger partial charge in [-0.3, -0.25) is 4.79 Å². The number of nitrogens with one attached hydrogen (secondary N) is 1. The first-order chi connectivity index (χ1) is 9.45. The number of carbonyl (C=O) groups excluding carboxylic acids is 1. The molecule has 2 aromatic carbocycles. The highest BCUT2D eigenvalue weighted by atomic mass is 19.1. The van der Waals surface area contributed by atoms with E-state index in [1.54, 1.807) is 18.2 Å². The number of hydrogen-bond acceptors (Lipinski definition) is 2. The predicted molar refractivity (Wildman–Crippen MR) is 74.3 cm³/mol. The van der Waals surface area contributed by atoms with Gasteiger partial charge >= 0.3 is 0 Å². The Morgan fingerprint density at radius 3 is 2.60 bits per heavy atom. The van der Waals surface area contributed by atoms with Crippen LogP contribution in [-0.2, 0) is 11.2 Å². The Labute approximate surface area is 115 Å². The van der Waals surface area contributed by atoms with Gasteiger partial charge in [0.2, 0.25) is 5.91 Å². The van der Waals surface area contributed by atoms with Gasteiger partial charge in [0.1, 0.15) is 11.6 Å². The zero-order valence-corrected chi connectivity index (χ0v) is 10.9. The second-order valence-electron chi connectivity index (χ2n) is 4.54. The van der Waals surface area contributed by atoms with Crippen molar-refractivity contribution in [2.24, 2.45) is 0 Å². The molecule has 3 nitrogen and oxygen atoms in total. The van der Waals surface area contributed by atoms with Crippen LogP contribution in [0.3, 0.4) is 0 Å². The Balaban J connectivity index is 2.09. The fourth-order valence-corrected chi connectivity index (χ4v) is 1.86. The summed E-state index contributed by atoms with van der Waals surface area (Å²) in [5.41, 5.74) is 7.80. The molecule has 3 N–H and O–H groups in total. The van der Waals surface area contributed by atoms with Crippen LogP contribution in [0.25, 0.3) is 0 Å². The second kappa shape index (κ2) is 5.69. The number of carbonyl (C=O) groups is 1. The van der Waals surface area contributed by atoms with E-state index in [9.17, 15) is 13.6 Å². The molecule has 2 rings (SSSR count). The summed E-state index contributed by atoms with van der Waals surface area (Å²) >= 11 is 0. The van der Waals surface area contributed by atoms with Gasteiger partial charge in [0.15, 0.2) is 0 Å². The Bertz CT molecular complexity index is 601. The Kier molecular flexibility index (Phi) is 3.98. The summed E-state index contributed by atoms with van der Waals surface area (Å²) in [4.78, 5) is 11.9. The standard InChI is InChI=1S/C15H14F2N2O/c1-9-6-12(18)4-5-14(9)19-15(20)7-10-2-3-11(16)8-13(10)17/h2-6,8H,7,18H2,1H3,(H,19,20). The summed E-state index contributed by atoms with van der Waals surface area (Å²) in [5.74, 6) is -1.77. The van der Waals surface area contributed by atoms with Crippen LogP contribution < -0.4 is 11.1 Å². The molecular weight excluding hydrogens is 262 g/mol. The first-order valence-corrected chi connectivity index (χ1v) is 6.05. The second-order valence-corrected chi connectivity index (χ2v) is 4.54. The van der Waals surface area contributed by atoms with Crippen molar-refractivity contribution in [2.75, 3.05) is 11.1 Å². The largest absolute Gasteiger partial charge is 0.399 e. The monoisotopic (exact) mass is 276 g/mol. The third kappa shape index (κ3) is 3.32. The summed E-state index contributed by atoms with van der Waals surface area (Å²) in [6, 6.07) is 8.23. The minimum absolute atomic E-state index is 0.150. The van der Waals surface area contributed by atoms with Gasteiger partial charge in [0, 0.05) is 17.4 Å². The third-order valence-corrected chi connectivity index (χ3v) is 2.89. The van der Waals surface area contributed by atoms with Gasteiger partial charge in [-0.1, -0.05) is 6.07 Å². The highest BCUT2D eigenvalue weighted by Crippen LogP contribution is 2.18. The number of amides is 1. The molecule has 0 atom stereocenters. The number of halogens is 2. The summed E-state index contributed by atoms with van der Waals surface area (Å²) in [6.45, 7) is 1.81. The van der Waals surface area contributed by atoms with Gasteiger partial charge in [-0.15, -0.1) is 0 Å². The molecule has 20 heavy (non-hydrogen) atoms. The minimum Gasteiger partial charge on any atom is -0.399 e. The van der Waals surface area contributed by atoms with Crippen LogP contribution >= 0.6 is 0 Å². The maximum atomic E-state index is 13.4. The molecular formula is C15H14F2N2O. The summed E-state index contributed by atoms with van der Waals surface area (Å²) in [6.07, 6.45) is -0.157. The Morgan fingerprint density at radius 1 is 1.20 bits per heavy atom. The van der Waals surface area contributed by atoms with Crippen molar-refractivity contribution < 1.29 is 13.6 Å². The average molecular weight is 276 g/mol. The number of nitrogens with two attached hydrogens (primary N) is 1. The Morgan fingerprint density at radius 2 is 1.95 bits per heavy atom. The smallest absolute Gasteiger partial charge is 0.228 e. The molecule has 0 unspecified atom stereocenters. The normalized spacial score (nSPS) is 10.3. The molecule has 0 aromatic heterocycles. The summed E-state index contributed by atoms with van der Waals surface area (Å²) in [7, 11) is 0. The summed E-state index contributed by atoms with van der Waals surface area (Å²) in [5, 5.41) is 2.67. The van der Waals surface area contributed by atoms with E-state index in [2.05, 4.69) is 5.32 Å². The molecule has 0 aliphatic carbocycles. The third-order valence-electron chi connectivity index (χ3n) is 2.89. The fourth-order valence-electron chi connectivity index (χ4n) is 1.86. The van der Waals surface area contributed by atoms with Gasteiger partial charge in [-0.25, -0.2) is 8.78 Å². The molecule has 0 aliphatic heterocycles. The number of nitrogen functional groups attached to an aromatic ring is 1. The minimum atomic E-state index is -0.728. The van der Waals surface area contributed by atoms with Crippen LogP contribution in [0, 0.1) is 18.6 Å². The first kappa shape index (κ1) is 14.0. The fraction of sp³-hybridized carbons (Fsp3) is 0.133. The molecule has 0 saturated heterocycles. The van der Waals surface area contributed by atoms with Crippen molar-refractivity contribution in [1.82, 2.24) is 0 Å². The predicted octanol–water partition coefficient (Wildman–Crippen LogP) is 3.04. The van der Waals surface area contributed by atoms with Crippen LogP contribution in [-0.4, -0.2) is 5.91 Å². The zero-order valence-electron chi connectivity index (χ0n) is 10.9. The molecule has 1 amide bonds. The molecule has 0 aliphatic rings. The van der Waals surface area contributed by atoms with Crippen LogP contribution in [0.2, 0.25) is 0 Å². The maximum absolute atomic E-state index is 13.4. The molecule has 104 valence electrons. The highest BCUT2D eigenvalue weighted by Gasteiger charge is 2.10. The van der Waals surface area contributed by atoms with Crippen LogP contribution in [0.15, 0.2) is 36.4 Å². The van der Waals surface area contributed by atoms with E-state index < -0.39 is 11.6 Å². The molecule has 0 saturated carbocycles. The van der Waals surface area contributed by atoms with E-state index in [1.807, 2.05) is 6.92 Å². The van der Waals surface area contributed by atoms with Crippen LogP contribution in [0.4, 0.5) is 20.2 Å². The number of rotatable bonds is 3. The van der Waals surface area contributed by atoms with Gasteiger partial charge in [-0.05, 0) is 42.3 Å². The first-order valence-electron chi connectivity index (χ1n) is 6.05. The molecule has 2 aromatic rings. The lowest BCUT2D eigenvalue weighted by atomic mass is 10.1. The van der Waals surface area contributed by atoms with Crippen molar-refractivity contribution in [3.05, 3.63) is 59.2 Å². The highest BCUT2D eigenvalue weighted by molar-refractivity contribution is 5.93. The van der Waals surface area contributed by atoms with Crippen molar-refractivity contribution in [3.63, 3.8) is 0 Å². The molecule has 0 spiro atoms. The van der Waals surface area contributed by atoms with Crippen molar-refractivity contribution in [3.8, 4) is 0 Å². The lowest BCUT2D eigenvalue weighted by Gasteiger charge is -2.09. The van der Waals surface area contributed by atoms with Gasteiger partial charge in [-0.2, -0.15) is 0 Å². The molecule has 0 radical (unpaired) electrons. The lowest BCUT2D eigenvalue weighted by Crippen LogP contribution is -2.16. The molecule has 0 bridgehead atoms. The van der Waals surface area contributed by atoms with Gasteiger partial charge < -0.3 is 11.1 Å². The van der Waals surface area contributed by atoms with E-state index in [0.717, 1.165) is 17.7 Å². The van der Waals surface area contributed by atoms with E-state index in [1.165, 1.54) is 6.07 Å². The lowest BCUT2D eigenvalue weighted by molar-refractivity contribution is -0.115. The van der Waals surface area contributed by atoms with E-state index in [4.69, 9.17) is 5.73 Å². The maximum Gasteiger partial charge on any atom is 0.228 e. The van der Waals surface area contributed by atoms with Crippen LogP contribution in [0.1, 0.15) is 11.1 Å². The quantitative estimate of drug-likeness (QED) is 0.847. The Hall–Kier alpha value is -2.43. The van der Waals surface area contributed by atoms with E-state index >= 15 is 0 Å². The zero-order chi connectivity index (χ0) is 14.7. The SMILES string of the molecule is Cc1cc(N)ccc1NC(=O)Cc1ccc(F)cc1F. The summed E-state index contributed by atoms with van der Waals surface area (Å²) < 4.78 is 26.2. The van der Waals surface area contributed by atoms with E-state index in [0.29, 0.717) is 11.4 Å².